The second kappa shape index (κ2) is 5.80. The fourth-order valence-electron chi connectivity index (χ4n) is 2.58. The fourth-order valence-corrected chi connectivity index (χ4v) is 4.69. The van der Waals surface area contributed by atoms with Crippen LogP contribution in [-0.4, -0.2) is 51.0 Å². The molecule has 0 bridgehead atoms. The van der Waals surface area contributed by atoms with Crippen molar-refractivity contribution in [3.05, 3.63) is 27.1 Å². The Kier molecular flexibility index (Phi) is 4.06. The van der Waals surface area contributed by atoms with Crippen molar-refractivity contribution in [1.29, 1.82) is 0 Å². The van der Waals surface area contributed by atoms with Crippen LogP contribution in [0.4, 0.5) is 0 Å². The SMILES string of the molecule is COC(=O)c1sccc1OC1=C(C(=O)O)N2C(=O)C[C@]2([C@@H](C)O)S1. The predicted molar refractivity (Wildman–Crippen MR) is 84.4 cm³/mol. The van der Waals surface area contributed by atoms with Crippen molar-refractivity contribution in [2.24, 2.45) is 0 Å². The number of fused-ring (bicyclic) bond motifs is 1. The van der Waals surface area contributed by atoms with Crippen molar-refractivity contribution in [2.45, 2.75) is 24.3 Å². The molecule has 0 aliphatic carbocycles. The van der Waals surface area contributed by atoms with Crippen molar-refractivity contribution in [2.75, 3.05) is 7.11 Å². The summed E-state index contributed by atoms with van der Waals surface area (Å²) in [6.07, 6.45) is -0.954. The summed E-state index contributed by atoms with van der Waals surface area (Å²) in [5.74, 6) is -2.21. The molecule has 24 heavy (non-hydrogen) atoms. The Morgan fingerprint density at radius 3 is 2.71 bits per heavy atom. The lowest BCUT2D eigenvalue weighted by molar-refractivity contribution is -0.155. The predicted octanol–water partition coefficient (Wildman–Crippen LogP) is 1.22. The van der Waals surface area contributed by atoms with Crippen LogP contribution in [0.15, 0.2) is 22.2 Å². The molecule has 1 aromatic rings. The van der Waals surface area contributed by atoms with E-state index in [1.165, 1.54) is 20.1 Å². The lowest BCUT2D eigenvalue weighted by Crippen LogP contribution is -2.64. The van der Waals surface area contributed by atoms with Gasteiger partial charge in [0, 0.05) is 0 Å². The van der Waals surface area contributed by atoms with Gasteiger partial charge in [0.15, 0.2) is 21.4 Å². The third-order valence-electron chi connectivity index (χ3n) is 3.78. The molecule has 1 amide bonds. The fraction of sp³-hybridized carbons (Fsp3) is 0.357. The molecule has 1 aromatic heterocycles. The van der Waals surface area contributed by atoms with E-state index in [1.54, 1.807) is 5.38 Å². The van der Waals surface area contributed by atoms with Gasteiger partial charge in [-0.05, 0) is 18.4 Å². The average molecular weight is 371 g/mol. The molecule has 10 heteroatoms. The van der Waals surface area contributed by atoms with Gasteiger partial charge in [0.25, 0.3) is 0 Å². The van der Waals surface area contributed by atoms with Crippen molar-refractivity contribution in [1.82, 2.24) is 4.90 Å². The van der Waals surface area contributed by atoms with Gasteiger partial charge in [0.1, 0.15) is 4.87 Å². The molecular weight excluding hydrogens is 358 g/mol. The molecule has 2 atom stereocenters. The second-order valence-electron chi connectivity index (χ2n) is 5.18. The van der Waals surface area contributed by atoms with Crippen LogP contribution in [0.1, 0.15) is 23.0 Å². The van der Waals surface area contributed by atoms with E-state index >= 15 is 0 Å². The number of rotatable bonds is 5. The quantitative estimate of drug-likeness (QED) is 0.587. The number of esters is 1. The summed E-state index contributed by atoms with van der Waals surface area (Å²) >= 11 is 2.06. The number of hydrogen-bond donors (Lipinski definition) is 2. The van der Waals surface area contributed by atoms with Crippen LogP contribution >= 0.6 is 23.1 Å². The Labute approximate surface area is 144 Å². The van der Waals surface area contributed by atoms with E-state index in [1.807, 2.05) is 0 Å². The van der Waals surface area contributed by atoms with Crippen LogP contribution in [0.25, 0.3) is 0 Å². The van der Waals surface area contributed by atoms with Crippen molar-refractivity contribution < 1.29 is 34.1 Å². The number of hydrogen-bond acceptors (Lipinski definition) is 8. The van der Waals surface area contributed by atoms with Crippen LogP contribution in [0.3, 0.4) is 0 Å². The number of aliphatic hydroxyl groups is 1. The highest BCUT2D eigenvalue weighted by Crippen LogP contribution is 2.57. The Bertz CT molecular complexity index is 769. The summed E-state index contributed by atoms with van der Waals surface area (Å²) in [6.45, 7) is 1.49. The Morgan fingerprint density at radius 2 is 2.17 bits per heavy atom. The van der Waals surface area contributed by atoms with Gasteiger partial charge < -0.3 is 19.7 Å². The summed E-state index contributed by atoms with van der Waals surface area (Å²) in [5.41, 5.74) is -0.334. The number of nitrogens with zero attached hydrogens (tertiary/aromatic N) is 1. The van der Waals surface area contributed by atoms with Crippen LogP contribution in [0, 0.1) is 0 Å². The van der Waals surface area contributed by atoms with Gasteiger partial charge in [-0.1, -0.05) is 11.8 Å². The van der Waals surface area contributed by atoms with E-state index in [4.69, 9.17) is 4.74 Å². The first-order valence-electron chi connectivity index (χ1n) is 6.83. The van der Waals surface area contributed by atoms with E-state index in [9.17, 15) is 24.6 Å². The number of carboxylic acid groups (broad SMARTS) is 1. The lowest BCUT2D eigenvalue weighted by Gasteiger charge is -2.47. The minimum atomic E-state index is -1.34. The number of carboxylic acids is 1. The minimum Gasteiger partial charge on any atom is -0.476 e. The first kappa shape index (κ1) is 16.8. The lowest BCUT2D eigenvalue weighted by atomic mass is 9.95. The first-order valence-corrected chi connectivity index (χ1v) is 8.52. The maximum absolute atomic E-state index is 11.9. The maximum Gasteiger partial charge on any atom is 0.357 e. The Balaban J connectivity index is 1.99. The molecule has 0 unspecified atom stereocenters. The molecule has 3 heterocycles. The van der Waals surface area contributed by atoms with Gasteiger partial charge in [0.2, 0.25) is 5.91 Å². The monoisotopic (exact) mass is 371 g/mol. The topological polar surface area (TPSA) is 113 Å². The molecule has 8 nitrogen and oxygen atoms in total. The average Bonchev–Trinajstić information content (AvgIpc) is 3.07. The van der Waals surface area contributed by atoms with Crippen LogP contribution in [0.2, 0.25) is 0 Å². The number of amides is 1. The Hall–Kier alpha value is -2.04. The molecule has 2 aliphatic rings. The highest BCUT2D eigenvalue weighted by atomic mass is 32.2. The van der Waals surface area contributed by atoms with Crippen LogP contribution in [-0.2, 0) is 14.3 Å². The highest BCUT2D eigenvalue weighted by molar-refractivity contribution is 8.04. The number of thioether (sulfide) groups is 1. The molecule has 0 saturated carbocycles. The maximum atomic E-state index is 11.9. The van der Waals surface area contributed by atoms with Crippen molar-refractivity contribution in [3.63, 3.8) is 0 Å². The highest BCUT2D eigenvalue weighted by Gasteiger charge is 2.63. The summed E-state index contributed by atoms with van der Waals surface area (Å²) < 4.78 is 10.3. The van der Waals surface area contributed by atoms with E-state index in [2.05, 4.69) is 4.74 Å². The molecule has 1 saturated heterocycles. The smallest absolute Gasteiger partial charge is 0.357 e. The number of carbonyl (C=O) groups excluding carboxylic acids is 2. The molecule has 2 N–H and O–H groups in total. The largest absolute Gasteiger partial charge is 0.476 e. The zero-order valence-electron chi connectivity index (χ0n) is 12.6. The van der Waals surface area contributed by atoms with Gasteiger partial charge in [-0.2, -0.15) is 0 Å². The number of ether oxygens (including phenoxy) is 2. The number of aliphatic hydroxyl groups excluding tert-OH is 1. The summed E-state index contributed by atoms with van der Waals surface area (Å²) in [5, 5.41) is 21.0. The standard InChI is InChI=1S/C14H13NO7S2/c1-6(16)14-5-8(17)15(14)9(11(18)19)13(24-14)22-7-3-4-23-10(7)12(20)21-2/h3-4,6,16H,5H2,1-2H3,(H,18,19)/t6-,14-/m1/s1. The number of thiophene rings is 1. The van der Waals surface area contributed by atoms with Gasteiger partial charge in [-0.15, -0.1) is 11.3 Å². The van der Waals surface area contributed by atoms with E-state index < -0.39 is 28.8 Å². The molecule has 0 aromatic carbocycles. The first-order chi connectivity index (χ1) is 11.3. The normalized spacial score (nSPS) is 23.6. The minimum absolute atomic E-state index is 0.00642. The van der Waals surface area contributed by atoms with Gasteiger partial charge in [-0.25, -0.2) is 9.59 Å². The summed E-state index contributed by atoms with van der Waals surface area (Å²) in [4.78, 5) is 35.3. The zero-order chi connectivity index (χ0) is 17.6. The Morgan fingerprint density at radius 1 is 1.46 bits per heavy atom. The summed E-state index contributed by atoms with van der Waals surface area (Å²) in [6, 6.07) is 1.51. The van der Waals surface area contributed by atoms with E-state index in [-0.39, 0.29) is 27.8 Å². The van der Waals surface area contributed by atoms with Crippen molar-refractivity contribution >= 4 is 40.9 Å². The number of methoxy groups -OCH3 is 1. The second-order valence-corrected chi connectivity index (χ2v) is 7.38. The molecule has 1 fully saturated rings. The van der Waals surface area contributed by atoms with Gasteiger partial charge in [-0.3, -0.25) is 9.69 Å². The third kappa shape index (κ3) is 2.29. The molecular formula is C14H13NO7S2. The molecule has 0 radical (unpaired) electrons. The molecule has 2 aliphatic heterocycles. The van der Waals surface area contributed by atoms with E-state index in [0.717, 1.165) is 28.0 Å². The van der Waals surface area contributed by atoms with E-state index in [0.29, 0.717) is 0 Å². The number of aliphatic carboxylic acids is 1. The zero-order valence-corrected chi connectivity index (χ0v) is 14.3. The van der Waals surface area contributed by atoms with Crippen molar-refractivity contribution in [3.8, 4) is 5.75 Å². The third-order valence-corrected chi connectivity index (χ3v) is 6.14. The van der Waals surface area contributed by atoms with Gasteiger partial charge in [0.05, 0.1) is 19.6 Å². The summed E-state index contributed by atoms with van der Waals surface area (Å²) in [7, 11) is 1.23. The molecule has 3 rings (SSSR count). The van der Waals surface area contributed by atoms with Crippen LogP contribution < -0.4 is 4.74 Å². The van der Waals surface area contributed by atoms with Gasteiger partial charge >= 0.3 is 11.9 Å². The molecule has 128 valence electrons. The van der Waals surface area contributed by atoms with Crippen LogP contribution in [0.5, 0.6) is 5.75 Å². The number of β-lactam (4-membered cyclic amide) rings is 1. The molecule has 0 spiro atoms. The number of carbonyl (C=O) groups is 3.